The number of aliphatic hydroxyl groups excluding tert-OH is 4. The summed E-state index contributed by atoms with van der Waals surface area (Å²) in [6.07, 6.45) is 0.0552. The Morgan fingerprint density at radius 3 is 1.11 bits per heavy atom. The summed E-state index contributed by atoms with van der Waals surface area (Å²) in [5.41, 5.74) is 1.27. The van der Waals surface area contributed by atoms with Crippen LogP contribution in [0.5, 0.6) is 0 Å². The van der Waals surface area contributed by atoms with E-state index < -0.39 is 59.5 Å². The van der Waals surface area contributed by atoms with Gasteiger partial charge in [-0.3, -0.25) is 17.6 Å². The average Bonchev–Trinajstić information content (AvgIpc) is 2.92. The van der Waals surface area contributed by atoms with Crippen molar-refractivity contribution in [2.75, 3.05) is 0 Å². The van der Waals surface area contributed by atoms with Crippen LogP contribution in [0.3, 0.4) is 0 Å². The molecule has 0 bridgehead atoms. The Hall–Kier alpha value is -2.40. The second kappa shape index (κ2) is 20.6. The van der Waals surface area contributed by atoms with E-state index in [1.807, 2.05) is 0 Å². The molecule has 2 radical (unpaired) electrons. The fourth-order valence-corrected chi connectivity index (χ4v) is 4.40. The smallest absolute Gasteiger partial charge is 0.0569 e. The van der Waals surface area contributed by atoms with Gasteiger partial charge in [0, 0.05) is 87.7 Å². The van der Waals surface area contributed by atoms with Gasteiger partial charge in [-0.25, -0.2) is 0 Å². The normalized spacial score (nSPS) is 14.4. The van der Waals surface area contributed by atoms with Crippen LogP contribution in [0.2, 0.25) is 0 Å². The van der Waals surface area contributed by atoms with E-state index in [0.717, 1.165) is 24.3 Å². The Morgan fingerprint density at radius 2 is 0.886 bits per heavy atom. The number of aliphatic hydroxyl groups is 4. The van der Waals surface area contributed by atoms with Crippen LogP contribution in [0.4, 0.5) is 17.6 Å². The second-order valence-corrected chi connectivity index (χ2v) is 9.63. The van der Waals surface area contributed by atoms with E-state index in [1.54, 1.807) is 76.5 Å². The molecule has 0 aliphatic carbocycles. The van der Waals surface area contributed by atoms with Crippen molar-refractivity contribution >= 4 is 0 Å². The maximum atomic E-state index is 13.2. The van der Waals surface area contributed by atoms with Crippen LogP contribution in [0.25, 0.3) is 22.5 Å². The molecule has 2 heterocycles. The molecule has 4 aromatic rings. The van der Waals surface area contributed by atoms with Crippen LogP contribution >= 0.6 is 0 Å². The standard InChI is InChI=1S/2C11H6F2N.C10H22O4.2Ir/c2*12-8-4-5-9(10(13)7-8)11-3-1-2-6-14-11;1-5(11)9(6(2)12)10(7(3)13)8(4)14;;/h2*1-4,6-7H;5-14H,1-4H3;;/q2*-1;;;. The van der Waals surface area contributed by atoms with Gasteiger partial charge >= 0.3 is 0 Å². The Labute approximate surface area is 281 Å². The number of nitrogens with zero attached hydrogens (tertiary/aromatic N) is 2. The van der Waals surface area contributed by atoms with Crippen LogP contribution in [0.15, 0.2) is 73.1 Å². The number of halogens is 4. The predicted octanol–water partition coefficient (Wildman–Crippen LogP) is 5.39. The first kappa shape index (κ1) is 41.6. The van der Waals surface area contributed by atoms with Gasteiger partial charge in [0.15, 0.2) is 0 Å². The molecule has 0 saturated carbocycles. The summed E-state index contributed by atoms with van der Waals surface area (Å²) in [5.74, 6) is -3.61. The molecule has 0 fully saturated rings. The number of hydrogen-bond acceptors (Lipinski definition) is 6. The van der Waals surface area contributed by atoms with Crippen molar-refractivity contribution in [1.29, 1.82) is 0 Å². The minimum Gasteiger partial charge on any atom is -0.393 e. The molecule has 4 unspecified atom stereocenters. The summed E-state index contributed by atoms with van der Waals surface area (Å²) in [4.78, 5) is 7.89. The first-order valence-electron chi connectivity index (χ1n) is 13.1. The second-order valence-electron chi connectivity index (χ2n) is 9.63. The minimum atomic E-state index is -0.760. The van der Waals surface area contributed by atoms with Crippen LogP contribution in [0, 0.1) is 47.2 Å². The molecule has 4 atom stereocenters. The third-order valence-corrected chi connectivity index (χ3v) is 6.23. The van der Waals surface area contributed by atoms with Gasteiger partial charge in [-0.15, -0.1) is 24.3 Å². The van der Waals surface area contributed by atoms with E-state index in [9.17, 15) is 38.0 Å². The van der Waals surface area contributed by atoms with Gasteiger partial charge < -0.3 is 30.4 Å². The zero-order valence-electron chi connectivity index (χ0n) is 24.3. The van der Waals surface area contributed by atoms with Crippen molar-refractivity contribution in [3.05, 3.63) is 108 Å². The van der Waals surface area contributed by atoms with Crippen LogP contribution in [0.1, 0.15) is 27.7 Å². The Bertz CT molecular complexity index is 1250. The van der Waals surface area contributed by atoms with Crippen molar-refractivity contribution in [1.82, 2.24) is 9.97 Å². The maximum Gasteiger partial charge on any atom is 0.0569 e. The van der Waals surface area contributed by atoms with Gasteiger partial charge in [0.2, 0.25) is 0 Å². The van der Waals surface area contributed by atoms with E-state index >= 15 is 0 Å². The maximum absolute atomic E-state index is 13.2. The average molecular weight is 971 g/mol. The van der Waals surface area contributed by atoms with Gasteiger partial charge in [0.05, 0.1) is 24.4 Å². The Kier molecular flexibility index (Phi) is 19.5. The predicted molar refractivity (Wildman–Crippen MR) is 151 cm³/mol. The molecular weight excluding hydrogens is 937 g/mol. The van der Waals surface area contributed by atoms with Crippen LogP contribution < -0.4 is 0 Å². The zero-order chi connectivity index (χ0) is 31.4. The quantitative estimate of drug-likeness (QED) is 0.146. The first-order valence-corrected chi connectivity index (χ1v) is 13.1. The van der Waals surface area contributed by atoms with Gasteiger partial charge in [0.25, 0.3) is 0 Å². The van der Waals surface area contributed by atoms with E-state index in [-0.39, 0.29) is 51.3 Å². The minimum absolute atomic E-state index is 0. The molecule has 12 heteroatoms. The van der Waals surface area contributed by atoms with Crippen LogP contribution in [-0.4, -0.2) is 54.8 Å². The van der Waals surface area contributed by atoms with E-state index in [0.29, 0.717) is 11.4 Å². The molecule has 2 aromatic heterocycles. The molecule has 0 saturated heterocycles. The third kappa shape index (κ3) is 12.9. The molecule has 4 N–H and O–H groups in total. The molecule has 0 amide bonds. The van der Waals surface area contributed by atoms with Crippen molar-refractivity contribution in [3.63, 3.8) is 0 Å². The van der Waals surface area contributed by atoms with Gasteiger partial charge in [-0.05, 0) is 51.2 Å². The van der Waals surface area contributed by atoms with Gasteiger partial charge in [-0.1, -0.05) is 47.5 Å². The SMILES string of the molecule is CC(O)C(C(C)O)C(C(C)O)C(C)O.Fc1c[c-]c(-c2ccccn2)c(F)c1.Fc1c[c-]c(-c2ccccn2)c(F)c1.[Ir].[Ir]. The molecular formula is C32H34F4Ir2N2O4-2. The largest absolute Gasteiger partial charge is 0.393 e. The number of pyridine rings is 2. The summed E-state index contributed by atoms with van der Waals surface area (Å²) < 4.78 is 51.6. The molecule has 0 aliphatic heterocycles. The van der Waals surface area contributed by atoms with Crippen molar-refractivity contribution < 1.29 is 78.2 Å². The topological polar surface area (TPSA) is 107 Å². The summed E-state index contributed by atoms with van der Waals surface area (Å²) in [6.45, 7) is 6.20. The monoisotopic (exact) mass is 972 g/mol. The first-order chi connectivity index (χ1) is 19.8. The molecule has 0 spiro atoms. The van der Waals surface area contributed by atoms with E-state index in [1.165, 1.54) is 0 Å². The summed E-state index contributed by atoms with van der Waals surface area (Å²) in [6, 6.07) is 19.1. The van der Waals surface area contributed by atoms with Crippen molar-refractivity contribution in [2.45, 2.75) is 52.1 Å². The van der Waals surface area contributed by atoms with Crippen molar-refractivity contribution in [3.8, 4) is 22.5 Å². The molecule has 2 aromatic carbocycles. The molecule has 244 valence electrons. The molecule has 6 nitrogen and oxygen atoms in total. The van der Waals surface area contributed by atoms with E-state index in [2.05, 4.69) is 22.1 Å². The summed E-state index contributed by atoms with van der Waals surface area (Å²) in [7, 11) is 0. The molecule has 0 aliphatic rings. The number of benzene rings is 2. The van der Waals surface area contributed by atoms with E-state index in [4.69, 9.17) is 0 Å². The zero-order valence-corrected chi connectivity index (χ0v) is 29.0. The van der Waals surface area contributed by atoms with Crippen molar-refractivity contribution in [2.24, 2.45) is 11.8 Å². The van der Waals surface area contributed by atoms with Gasteiger partial charge in [0.1, 0.15) is 0 Å². The Balaban J connectivity index is 0.000000616. The number of rotatable bonds is 7. The fourth-order valence-electron chi connectivity index (χ4n) is 4.40. The Morgan fingerprint density at radius 1 is 0.568 bits per heavy atom. The fraction of sp³-hybridized carbons (Fsp3) is 0.312. The third-order valence-electron chi connectivity index (χ3n) is 6.23. The molecule has 44 heavy (non-hydrogen) atoms. The number of hydrogen-bond donors (Lipinski definition) is 4. The number of aromatic nitrogens is 2. The summed E-state index contributed by atoms with van der Waals surface area (Å²) in [5, 5.41) is 37.9. The van der Waals surface area contributed by atoms with Gasteiger partial charge in [-0.2, -0.15) is 0 Å². The summed E-state index contributed by atoms with van der Waals surface area (Å²) >= 11 is 0. The van der Waals surface area contributed by atoms with Crippen LogP contribution in [-0.2, 0) is 40.2 Å². The molecule has 4 rings (SSSR count).